The molecule has 1 aliphatic rings. The number of amidine groups is 1. The van der Waals surface area contributed by atoms with Crippen LogP contribution in [0.2, 0.25) is 0 Å². The van der Waals surface area contributed by atoms with E-state index in [0.29, 0.717) is 5.17 Å². The number of rotatable bonds is 4. The predicted octanol–water partition coefficient (Wildman–Crippen LogP) is 5.29. The van der Waals surface area contributed by atoms with Gasteiger partial charge in [0.05, 0.1) is 5.69 Å². The molecule has 0 radical (unpaired) electrons. The molecule has 1 heterocycles. The number of carbonyl (C=O) groups is 1. The van der Waals surface area contributed by atoms with Gasteiger partial charge in [-0.1, -0.05) is 53.7 Å². The summed E-state index contributed by atoms with van der Waals surface area (Å²) in [5, 5.41) is 3.55. The van der Waals surface area contributed by atoms with E-state index in [-0.39, 0.29) is 5.91 Å². The van der Waals surface area contributed by atoms with Crippen molar-refractivity contribution in [2.24, 2.45) is 4.99 Å². The highest BCUT2D eigenvalue weighted by Crippen LogP contribution is 2.54. The van der Waals surface area contributed by atoms with Crippen LogP contribution in [0.1, 0.15) is 29.2 Å². The Hall–Kier alpha value is -3.25. The molecule has 0 bridgehead atoms. The Bertz CT molecular complexity index is 1150. The zero-order valence-electron chi connectivity index (χ0n) is 20.0. The Morgan fingerprint density at radius 1 is 0.848 bits per heavy atom. The van der Waals surface area contributed by atoms with E-state index in [9.17, 15) is 4.79 Å². The van der Waals surface area contributed by atoms with E-state index >= 15 is 0 Å². The maximum absolute atomic E-state index is 12.0. The first-order chi connectivity index (χ1) is 15.7. The van der Waals surface area contributed by atoms with Crippen molar-refractivity contribution in [1.29, 1.82) is 0 Å². The minimum absolute atomic E-state index is 0.128. The number of fused-ring (bicyclic) bond motifs is 1. The fourth-order valence-corrected chi connectivity index (χ4v) is 5.56. The molecule has 0 saturated heterocycles. The van der Waals surface area contributed by atoms with Crippen molar-refractivity contribution in [2.45, 2.75) is 18.6 Å². The third kappa shape index (κ3) is 4.35. The highest BCUT2D eigenvalue weighted by Gasteiger charge is 2.43. The number of aliphatic imine (C=N–C) groups is 1. The van der Waals surface area contributed by atoms with Gasteiger partial charge in [-0.05, 0) is 48.4 Å². The van der Waals surface area contributed by atoms with Crippen LogP contribution in [0.5, 0.6) is 0 Å². The van der Waals surface area contributed by atoms with E-state index in [0.717, 1.165) is 33.8 Å². The zero-order valence-corrected chi connectivity index (χ0v) is 20.8. The molecule has 0 atom stereocenters. The predicted molar refractivity (Wildman–Crippen MR) is 141 cm³/mol. The second-order valence-electron chi connectivity index (χ2n) is 8.78. The van der Waals surface area contributed by atoms with Gasteiger partial charge in [0.25, 0.3) is 0 Å². The summed E-state index contributed by atoms with van der Waals surface area (Å²) < 4.78 is -0.559. The average molecular weight is 459 g/mol. The van der Waals surface area contributed by atoms with Crippen molar-refractivity contribution in [3.8, 4) is 0 Å². The normalized spacial score (nSPS) is 14.2. The molecule has 0 spiro atoms. The van der Waals surface area contributed by atoms with Crippen molar-refractivity contribution in [1.82, 2.24) is 5.32 Å². The largest absolute Gasteiger partial charge is 0.378 e. The second kappa shape index (κ2) is 8.94. The van der Waals surface area contributed by atoms with E-state index in [1.165, 1.54) is 12.5 Å². The molecule has 33 heavy (non-hydrogen) atoms. The molecule has 3 aromatic rings. The molecule has 4 rings (SSSR count). The Morgan fingerprint density at radius 2 is 1.36 bits per heavy atom. The molecule has 3 aromatic carbocycles. The molecule has 6 heteroatoms. The smallest absolute Gasteiger partial charge is 0.222 e. The third-order valence-corrected chi connectivity index (χ3v) is 7.25. The van der Waals surface area contributed by atoms with Crippen LogP contribution in [-0.2, 0) is 9.54 Å². The number of nitrogens with zero attached hydrogens (tertiary/aromatic N) is 3. The quantitative estimate of drug-likeness (QED) is 0.577. The number of aryl methyl sites for hydroxylation is 1. The van der Waals surface area contributed by atoms with Gasteiger partial charge in [-0.25, -0.2) is 4.99 Å². The van der Waals surface area contributed by atoms with E-state index in [2.05, 4.69) is 82.7 Å². The van der Waals surface area contributed by atoms with Crippen molar-refractivity contribution in [3.63, 3.8) is 0 Å². The third-order valence-electron chi connectivity index (χ3n) is 5.87. The van der Waals surface area contributed by atoms with Crippen LogP contribution in [0.15, 0.2) is 71.7 Å². The summed E-state index contributed by atoms with van der Waals surface area (Å²) in [5.74, 6) is -0.128. The minimum Gasteiger partial charge on any atom is -0.378 e. The Labute approximate surface area is 200 Å². The van der Waals surface area contributed by atoms with E-state index in [1.54, 1.807) is 11.8 Å². The standard InChI is InChI=1S/C27H30N4OS/c1-18-7-16-25-24(17-18)27(33-26(29-25)28-19(2)32,20-8-12-22(13-9-20)30(3)4)21-10-14-23(15-11-21)31(5)6/h7-17H,1-6H3,(H,28,29,32). The molecule has 0 fully saturated rings. The summed E-state index contributed by atoms with van der Waals surface area (Å²) in [7, 11) is 8.17. The first kappa shape index (κ1) is 22.9. The Kier molecular flexibility index (Phi) is 6.21. The summed E-state index contributed by atoms with van der Waals surface area (Å²) in [6, 6.07) is 23.6. The van der Waals surface area contributed by atoms with Crippen LogP contribution in [0.4, 0.5) is 17.1 Å². The summed E-state index contributed by atoms with van der Waals surface area (Å²) >= 11 is 1.58. The molecule has 0 saturated carbocycles. The van der Waals surface area contributed by atoms with E-state index in [4.69, 9.17) is 4.99 Å². The van der Waals surface area contributed by atoms with E-state index < -0.39 is 4.75 Å². The SMILES string of the molecule is CC(=O)NC1=Nc2ccc(C)cc2C(c2ccc(N(C)C)cc2)(c2ccc(N(C)C)cc2)S1. The van der Waals surface area contributed by atoms with Crippen LogP contribution in [-0.4, -0.2) is 39.3 Å². The van der Waals surface area contributed by atoms with Gasteiger partial charge in [-0.3, -0.25) is 4.79 Å². The highest BCUT2D eigenvalue weighted by atomic mass is 32.2. The summed E-state index contributed by atoms with van der Waals surface area (Å²) in [6.45, 7) is 3.63. The van der Waals surface area contributed by atoms with Crippen LogP contribution in [0, 0.1) is 6.92 Å². The van der Waals surface area contributed by atoms with Crippen LogP contribution < -0.4 is 15.1 Å². The Morgan fingerprint density at radius 3 is 1.82 bits per heavy atom. The fourth-order valence-electron chi connectivity index (χ4n) is 4.15. The summed E-state index contributed by atoms with van der Waals surface area (Å²) in [6.07, 6.45) is 0. The first-order valence-corrected chi connectivity index (χ1v) is 11.7. The fraction of sp³-hybridized carbons (Fsp3) is 0.259. The molecule has 0 aromatic heterocycles. The number of hydrogen-bond acceptors (Lipinski definition) is 5. The molecule has 5 nitrogen and oxygen atoms in total. The lowest BCUT2D eigenvalue weighted by atomic mass is 9.82. The van der Waals surface area contributed by atoms with Gasteiger partial charge in [0.15, 0.2) is 5.17 Å². The van der Waals surface area contributed by atoms with Gasteiger partial charge < -0.3 is 15.1 Å². The number of hydrogen-bond donors (Lipinski definition) is 1. The lowest BCUT2D eigenvalue weighted by Crippen LogP contribution is -2.36. The van der Waals surface area contributed by atoms with Crippen molar-refractivity contribution >= 4 is 39.9 Å². The molecule has 1 aliphatic heterocycles. The molecule has 170 valence electrons. The van der Waals surface area contributed by atoms with Gasteiger partial charge >= 0.3 is 0 Å². The molecule has 1 amide bonds. The maximum Gasteiger partial charge on any atom is 0.222 e. The second-order valence-corrected chi connectivity index (χ2v) is 9.99. The van der Waals surface area contributed by atoms with Gasteiger partial charge in [0.2, 0.25) is 5.91 Å². The zero-order chi connectivity index (χ0) is 23.8. The summed E-state index contributed by atoms with van der Waals surface area (Å²) in [4.78, 5) is 21.0. The Balaban J connectivity index is 2.00. The van der Waals surface area contributed by atoms with Gasteiger partial charge in [0.1, 0.15) is 4.75 Å². The van der Waals surface area contributed by atoms with Gasteiger partial charge in [0, 0.05) is 52.1 Å². The number of anilines is 2. The summed E-state index contributed by atoms with van der Waals surface area (Å²) in [5.41, 5.74) is 7.72. The van der Waals surface area contributed by atoms with Crippen LogP contribution in [0.3, 0.4) is 0 Å². The number of thioether (sulfide) groups is 1. The maximum atomic E-state index is 12.0. The molecule has 1 N–H and O–H groups in total. The van der Waals surface area contributed by atoms with Crippen LogP contribution >= 0.6 is 11.8 Å². The number of benzene rings is 3. The topological polar surface area (TPSA) is 47.9 Å². The molecule has 0 unspecified atom stereocenters. The lowest BCUT2D eigenvalue weighted by Gasteiger charge is -2.39. The monoisotopic (exact) mass is 458 g/mol. The number of carbonyl (C=O) groups excluding carboxylic acids is 1. The average Bonchev–Trinajstić information content (AvgIpc) is 2.78. The lowest BCUT2D eigenvalue weighted by molar-refractivity contribution is -0.117. The molecular formula is C27H30N4OS. The van der Waals surface area contributed by atoms with E-state index in [1.807, 2.05) is 34.3 Å². The van der Waals surface area contributed by atoms with Gasteiger partial charge in [-0.15, -0.1) is 0 Å². The van der Waals surface area contributed by atoms with Crippen LogP contribution in [0.25, 0.3) is 0 Å². The van der Waals surface area contributed by atoms with Crippen molar-refractivity contribution in [3.05, 3.63) is 89.0 Å². The molecule has 0 aliphatic carbocycles. The number of amides is 1. The first-order valence-electron chi connectivity index (χ1n) is 10.9. The van der Waals surface area contributed by atoms with Crippen molar-refractivity contribution in [2.75, 3.05) is 38.0 Å². The highest BCUT2D eigenvalue weighted by molar-refractivity contribution is 8.15. The van der Waals surface area contributed by atoms with Crippen molar-refractivity contribution < 1.29 is 4.79 Å². The minimum atomic E-state index is -0.559. The number of nitrogens with one attached hydrogen (secondary N) is 1. The van der Waals surface area contributed by atoms with Gasteiger partial charge in [-0.2, -0.15) is 0 Å². The molecular weight excluding hydrogens is 428 g/mol.